The number of amides is 2. The van der Waals surface area contributed by atoms with E-state index in [4.69, 9.17) is 0 Å². The molecular formula is C18H17F3N4O3. The number of imide groups is 1. The van der Waals surface area contributed by atoms with E-state index in [0.717, 1.165) is 48.8 Å². The predicted octanol–water partition coefficient (Wildman–Crippen LogP) is 2.82. The van der Waals surface area contributed by atoms with Gasteiger partial charge in [-0.1, -0.05) is 6.07 Å². The fraction of sp³-hybridized carbons (Fsp3) is 0.444. The summed E-state index contributed by atoms with van der Waals surface area (Å²) in [5.74, 6) is -1.29. The number of fused-ring (bicyclic) bond motifs is 1. The summed E-state index contributed by atoms with van der Waals surface area (Å²) in [6.45, 7) is 0.146. The van der Waals surface area contributed by atoms with Crippen molar-refractivity contribution in [2.75, 3.05) is 11.5 Å². The zero-order chi connectivity index (χ0) is 20.1. The Morgan fingerprint density at radius 3 is 2.57 bits per heavy atom. The number of anilines is 1. The summed E-state index contributed by atoms with van der Waals surface area (Å²) in [7, 11) is 0. The smallest absolute Gasteiger partial charge is 0.396 e. The molecule has 2 aromatic heterocycles. The Labute approximate surface area is 157 Å². The Bertz CT molecular complexity index is 932. The van der Waals surface area contributed by atoms with Gasteiger partial charge in [0.1, 0.15) is 17.1 Å². The number of halogens is 3. The van der Waals surface area contributed by atoms with E-state index in [9.17, 15) is 27.9 Å². The van der Waals surface area contributed by atoms with Gasteiger partial charge in [-0.3, -0.25) is 14.3 Å². The van der Waals surface area contributed by atoms with Crippen LogP contribution >= 0.6 is 0 Å². The Hall–Kier alpha value is -2.75. The van der Waals surface area contributed by atoms with Gasteiger partial charge < -0.3 is 5.11 Å². The van der Waals surface area contributed by atoms with E-state index < -0.39 is 29.4 Å². The molecule has 28 heavy (non-hydrogen) atoms. The zero-order valence-electron chi connectivity index (χ0n) is 14.7. The fourth-order valence-electron chi connectivity index (χ4n) is 3.67. The molecule has 1 aliphatic carbocycles. The van der Waals surface area contributed by atoms with Crippen LogP contribution in [0.5, 0.6) is 0 Å². The molecule has 0 aromatic carbocycles. The molecule has 4 rings (SSSR count). The molecule has 2 aliphatic rings. The van der Waals surface area contributed by atoms with E-state index in [1.807, 2.05) is 0 Å². The second-order valence-corrected chi connectivity index (χ2v) is 7.05. The highest BCUT2D eigenvalue weighted by atomic mass is 19.4. The van der Waals surface area contributed by atoms with Crippen LogP contribution in [0.25, 0.3) is 0 Å². The maximum absolute atomic E-state index is 12.8. The van der Waals surface area contributed by atoms with Crippen LogP contribution in [-0.4, -0.2) is 38.3 Å². The van der Waals surface area contributed by atoms with Gasteiger partial charge >= 0.3 is 6.18 Å². The lowest BCUT2D eigenvalue weighted by Crippen LogP contribution is -2.45. The number of hydrogen-bond donors (Lipinski definition) is 1. The zero-order valence-corrected chi connectivity index (χ0v) is 14.7. The van der Waals surface area contributed by atoms with Crippen molar-refractivity contribution in [2.45, 2.75) is 37.9 Å². The number of nitrogens with zero attached hydrogens (tertiary/aromatic N) is 4. The van der Waals surface area contributed by atoms with Crippen LogP contribution in [0.1, 0.15) is 58.4 Å². The van der Waals surface area contributed by atoms with E-state index in [-0.39, 0.29) is 29.9 Å². The monoisotopic (exact) mass is 394 g/mol. The normalized spacial score (nSPS) is 22.0. The molecule has 1 fully saturated rings. The third-order valence-corrected chi connectivity index (χ3v) is 5.27. The predicted molar refractivity (Wildman–Crippen MR) is 90.7 cm³/mol. The lowest BCUT2D eigenvalue weighted by Gasteiger charge is -2.27. The number of aromatic nitrogens is 3. The van der Waals surface area contributed by atoms with Gasteiger partial charge in [0.2, 0.25) is 0 Å². The highest BCUT2D eigenvalue weighted by molar-refractivity contribution is 6.33. The lowest BCUT2D eigenvalue weighted by molar-refractivity contribution is -0.141. The Kier molecular flexibility index (Phi) is 4.45. The van der Waals surface area contributed by atoms with Crippen LogP contribution in [-0.2, 0) is 6.18 Å². The molecule has 1 aliphatic heterocycles. The van der Waals surface area contributed by atoms with E-state index in [2.05, 4.69) is 10.1 Å². The Morgan fingerprint density at radius 1 is 1.21 bits per heavy atom. The van der Waals surface area contributed by atoms with E-state index in [0.29, 0.717) is 0 Å². The third-order valence-electron chi connectivity index (χ3n) is 5.27. The first kappa shape index (κ1) is 18.6. The molecule has 148 valence electrons. The van der Waals surface area contributed by atoms with Crippen LogP contribution in [0.15, 0.2) is 24.4 Å². The van der Waals surface area contributed by atoms with Crippen molar-refractivity contribution in [3.8, 4) is 0 Å². The molecular weight excluding hydrogens is 377 g/mol. The largest absolute Gasteiger partial charge is 0.433 e. The van der Waals surface area contributed by atoms with Crippen LogP contribution in [0.3, 0.4) is 0 Å². The average Bonchev–Trinajstić information content (AvgIpc) is 3.07. The van der Waals surface area contributed by atoms with Gasteiger partial charge in [0.15, 0.2) is 5.69 Å². The minimum atomic E-state index is -4.68. The number of alkyl halides is 3. The second kappa shape index (κ2) is 6.69. The number of carbonyl (C=O) groups excluding carboxylic acids is 2. The highest BCUT2D eigenvalue weighted by Crippen LogP contribution is 2.38. The molecule has 3 heterocycles. The molecule has 0 radical (unpaired) electrons. The van der Waals surface area contributed by atoms with Crippen molar-refractivity contribution in [1.82, 2.24) is 14.8 Å². The molecule has 0 bridgehead atoms. The van der Waals surface area contributed by atoms with Gasteiger partial charge in [0.05, 0.1) is 12.2 Å². The minimum absolute atomic E-state index is 0.0600. The SMILES string of the molecule is O=C(c1cccc(C(F)(F)F)n1)N1C(=O)c2nn(C3CCC(CO)CC3)cc21. The summed E-state index contributed by atoms with van der Waals surface area (Å²) in [4.78, 5) is 29.0. The third kappa shape index (κ3) is 3.07. The molecule has 0 unspecified atom stereocenters. The number of pyridine rings is 1. The van der Waals surface area contributed by atoms with Crippen molar-refractivity contribution in [1.29, 1.82) is 0 Å². The van der Waals surface area contributed by atoms with Crippen molar-refractivity contribution >= 4 is 17.5 Å². The summed E-state index contributed by atoms with van der Waals surface area (Å²) >= 11 is 0. The van der Waals surface area contributed by atoms with Gasteiger partial charge in [-0.2, -0.15) is 18.3 Å². The van der Waals surface area contributed by atoms with Crippen molar-refractivity contribution < 1.29 is 27.9 Å². The molecule has 10 heteroatoms. The van der Waals surface area contributed by atoms with Gasteiger partial charge in [-0.15, -0.1) is 0 Å². The first-order valence-corrected chi connectivity index (χ1v) is 8.92. The van der Waals surface area contributed by atoms with E-state index in [1.54, 1.807) is 10.9 Å². The number of aliphatic hydroxyl groups is 1. The standard InChI is InChI=1S/C18H17F3N4O3/c19-18(20,21)14-3-1-2-12(22-14)16(27)25-13-8-24(23-15(13)17(25)28)11-6-4-10(9-26)5-7-11/h1-3,8,10-11,26H,4-7,9H2. The first-order chi connectivity index (χ1) is 13.3. The summed E-state index contributed by atoms with van der Waals surface area (Å²) in [6, 6.07) is 3.05. The summed E-state index contributed by atoms with van der Waals surface area (Å²) in [5, 5.41) is 13.5. The summed E-state index contributed by atoms with van der Waals surface area (Å²) in [6.07, 6.45) is 0.171. The van der Waals surface area contributed by atoms with Gasteiger partial charge in [0, 0.05) is 6.61 Å². The summed E-state index contributed by atoms with van der Waals surface area (Å²) in [5.41, 5.74) is -1.24. The number of carbonyl (C=O) groups is 2. The van der Waals surface area contributed by atoms with Gasteiger partial charge in [-0.05, 0) is 43.7 Å². The van der Waals surface area contributed by atoms with Crippen molar-refractivity contribution in [2.24, 2.45) is 5.92 Å². The highest BCUT2D eigenvalue weighted by Gasteiger charge is 2.43. The molecule has 2 amide bonds. The van der Waals surface area contributed by atoms with Crippen LogP contribution in [0.2, 0.25) is 0 Å². The van der Waals surface area contributed by atoms with Crippen molar-refractivity contribution in [3.63, 3.8) is 0 Å². The quantitative estimate of drug-likeness (QED) is 0.809. The topological polar surface area (TPSA) is 88.3 Å². The summed E-state index contributed by atoms with van der Waals surface area (Å²) < 4.78 is 40.1. The average molecular weight is 394 g/mol. The minimum Gasteiger partial charge on any atom is -0.396 e. The molecule has 0 atom stereocenters. The van der Waals surface area contributed by atoms with Crippen LogP contribution in [0, 0.1) is 5.92 Å². The molecule has 1 saturated carbocycles. The number of rotatable bonds is 3. The van der Waals surface area contributed by atoms with E-state index >= 15 is 0 Å². The molecule has 1 N–H and O–H groups in total. The fourth-order valence-corrected chi connectivity index (χ4v) is 3.67. The molecule has 2 aromatic rings. The number of aliphatic hydroxyl groups excluding tert-OH is 1. The Morgan fingerprint density at radius 2 is 1.93 bits per heavy atom. The Balaban J connectivity index is 1.55. The lowest BCUT2D eigenvalue weighted by atomic mass is 9.87. The van der Waals surface area contributed by atoms with Crippen LogP contribution in [0.4, 0.5) is 18.9 Å². The maximum Gasteiger partial charge on any atom is 0.433 e. The molecule has 0 spiro atoms. The maximum atomic E-state index is 12.8. The molecule has 0 saturated heterocycles. The first-order valence-electron chi connectivity index (χ1n) is 8.92. The van der Waals surface area contributed by atoms with Gasteiger partial charge in [-0.25, -0.2) is 9.88 Å². The second-order valence-electron chi connectivity index (χ2n) is 7.05. The van der Waals surface area contributed by atoms with Gasteiger partial charge in [0.25, 0.3) is 11.8 Å². The van der Waals surface area contributed by atoms with Crippen molar-refractivity contribution in [3.05, 3.63) is 41.5 Å². The molecule has 7 nitrogen and oxygen atoms in total. The van der Waals surface area contributed by atoms with E-state index in [1.165, 1.54) is 0 Å². The number of hydrogen-bond acceptors (Lipinski definition) is 5. The van der Waals surface area contributed by atoms with Crippen LogP contribution < -0.4 is 4.90 Å².